The molecule has 0 amide bonds. The number of benzene rings is 1. The smallest absolute Gasteiger partial charge is 0.184 e. The summed E-state index contributed by atoms with van der Waals surface area (Å²) in [5.41, 5.74) is 5.14. The third-order valence-corrected chi connectivity index (χ3v) is 4.18. The molecule has 3 aromatic rings. The summed E-state index contributed by atoms with van der Waals surface area (Å²) in [5.74, 6) is 0. The highest BCUT2D eigenvalue weighted by Crippen LogP contribution is 2.29. The highest BCUT2D eigenvalue weighted by molar-refractivity contribution is 6.29. The molecule has 2 N–H and O–H groups in total. The summed E-state index contributed by atoms with van der Waals surface area (Å²) < 4.78 is 5.03. The Hall–Kier alpha value is -2.31. The lowest BCUT2D eigenvalue weighted by atomic mass is 9.99. The molecule has 134 valence electrons. The van der Waals surface area contributed by atoms with E-state index in [0.29, 0.717) is 10.7 Å². The van der Waals surface area contributed by atoms with E-state index in [1.165, 1.54) is 6.92 Å². The average molecular weight is 371 g/mol. The van der Waals surface area contributed by atoms with Gasteiger partial charge in [0.15, 0.2) is 12.6 Å². The molecule has 6 heteroatoms. The minimum atomic E-state index is -1.17. The first-order chi connectivity index (χ1) is 12.4. The largest absolute Gasteiger partial charge is 0.368 e. The zero-order valence-corrected chi connectivity index (χ0v) is 15.2. The van der Waals surface area contributed by atoms with Crippen LogP contribution >= 0.6 is 11.6 Å². The van der Waals surface area contributed by atoms with Crippen molar-refractivity contribution in [2.24, 2.45) is 0 Å². The van der Waals surface area contributed by atoms with E-state index in [4.69, 9.17) is 16.3 Å². The Balaban J connectivity index is 1.92. The number of ether oxygens (including phenoxy) is 1. The first-order valence-corrected chi connectivity index (χ1v) is 8.52. The van der Waals surface area contributed by atoms with Gasteiger partial charge in [-0.05, 0) is 54.8 Å². The summed E-state index contributed by atoms with van der Waals surface area (Å²) in [4.78, 5) is 8.39. The summed E-state index contributed by atoms with van der Waals surface area (Å²) in [7, 11) is 0. The normalized spacial score (nSPS) is 13.4. The van der Waals surface area contributed by atoms with Gasteiger partial charge in [0.25, 0.3) is 0 Å². The standard InChI is InChI=1S/C20H19ClN2O3/c1-12-9-14(3-4-17(12)20(25)26-13(2)24)15-5-7-22-18(10-15)16-6-8-23-19(21)11-16/h3-11,13,20,24-25H,1-2H3. The topological polar surface area (TPSA) is 75.5 Å². The summed E-state index contributed by atoms with van der Waals surface area (Å²) in [6, 6.07) is 13.2. The van der Waals surface area contributed by atoms with Gasteiger partial charge in [0.2, 0.25) is 0 Å². The zero-order chi connectivity index (χ0) is 18.7. The highest BCUT2D eigenvalue weighted by Gasteiger charge is 2.14. The number of hydrogen-bond donors (Lipinski definition) is 2. The highest BCUT2D eigenvalue weighted by atomic mass is 35.5. The van der Waals surface area contributed by atoms with Crippen LogP contribution in [-0.4, -0.2) is 26.5 Å². The summed E-state index contributed by atoms with van der Waals surface area (Å²) >= 11 is 5.96. The van der Waals surface area contributed by atoms with Crippen molar-refractivity contribution in [1.82, 2.24) is 9.97 Å². The number of pyridine rings is 2. The molecular formula is C20H19ClN2O3. The van der Waals surface area contributed by atoms with E-state index in [9.17, 15) is 10.2 Å². The van der Waals surface area contributed by atoms with E-state index < -0.39 is 12.6 Å². The van der Waals surface area contributed by atoms with Crippen molar-refractivity contribution >= 4 is 11.6 Å². The van der Waals surface area contributed by atoms with Crippen LogP contribution in [0.1, 0.15) is 24.3 Å². The SMILES string of the molecule is Cc1cc(-c2ccnc(-c3ccnc(Cl)c3)c2)ccc1C(O)OC(C)O. The average Bonchev–Trinajstić information content (AvgIpc) is 2.61. The van der Waals surface area contributed by atoms with Crippen LogP contribution < -0.4 is 0 Å². The summed E-state index contributed by atoms with van der Waals surface area (Å²) in [6.45, 7) is 3.34. The van der Waals surface area contributed by atoms with Crippen LogP contribution in [-0.2, 0) is 4.74 Å². The molecule has 5 nitrogen and oxygen atoms in total. The molecule has 2 heterocycles. The van der Waals surface area contributed by atoms with Crippen molar-refractivity contribution in [3.8, 4) is 22.4 Å². The molecule has 0 aliphatic rings. The van der Waals surface area contributed by atoms with Crippen molar-refractivity contribution in [1.29, 1.82) is 0 Å². The second-order valence-electron chi connectivity index (χ2n) is 5.96. The van der Waals surface area contributed by atoms with Crippen LogP contribution in [0.5, 0.6) is 0 Å². The van der Waals surface area contributed by atoms with Crippen molar-refractivity contribution in [2.45, 2.75) is 26.4 Å². The monoisotopic (exact) mass is 370 g/mol. The molecule has 2 atom stereocenters. The molecule has 0 aliphatic heterocycles. The van der Waals surface area contributed by atoms with Crippen LogP contribution in [0, 0.1) is 6.92 Å². The van der Waals surface area contributed by atoms with Gasteiger partial charge in [0.05, 0.1) is 5.69 Å². The van der Waals surface area contributed by atoms with E-state index in [2.05, 4.69) is 9.97 Å². The van der Waals surface area contributed by atoms with Crippen LogP contribution in [0.2, 0.25) is 5.15 Å². The molecule has 0 radical (unpaired) electrons. The molecule has 26 heavy (non-hydrogen) atoms. The van der Waals surface area contributed by atoms with Crippen molar-refractivity contribution in [3.05, 3.63) is 71.1 Å². The van der Waals surface area contributed by atoms with Crippen molar-refractivity contribution in [2.75, 3.05) is 0 Å². The molecule has 0 spiro atoms. The van der Waals surface area contributed by atoms with E-state index in [-0.39, 0.29) is 0 Å². The number of halogens is 1. The van der Waals surface area contributed by atoms with Gasteiger partial charge in [0.1, 0.15) is 5.15 Å². The van der Waals surface area contributed by atoms with Crippen LogP contribution in [0.3, 0.4) is 0 Å². The van der Waals surface area contributed by atoms with Crippen molar-refractivity contribution in [3.63, 3.8) is 0 Å². The van der Waals surface area contributed by atoms with Crippen LogP contribution in [0.4, 0.5) is 0 Å². The first-order valence-electron chi connectivity index (χ1n) is 8.14. The molecule has 0 fully saturated rings. The maximum atomic E-state index is 10.0. The van der Waals surface area contributed by atoms with E-state index >= 15 is 0 Å². The molecule has 2 aromatic heterocycles. The fourth-order valence-corrected chi connectivity index (χ4v) is 2.90. The number of aromatic nitrogens is 2. The second kappa shape index (κ2) is 7.93. The molecule has 3 rings (SSSR count). The van der Waals surface area contributed by atoms with E-state index in [1.54, 1.807) is 24.5 Å². The lowest BCUT2D eigenvalue weighted by Gasteiger charge is -2.17. The molecule has 1 aromatic carbocycles. The molecule has 0 aliphatic carbocycles. The minimum absolute atomic E-state index is 0.419. The van der Waals surface area contributed by atoms with Gasteiger partial charge in [-0.2, -0.15) is 0 Å². The Bertz CT molecular complexity index is 915. The van der Waals surface area contributed by atoms with Crippen molar-refractivity contribution < 1.29 is 14.9 Å². The van der Waals surface area contributed by atoms with E-state index in [1.807, 2.05) is 37.3 Å². The van der Waals surface area contributed by atoms with Crippen LogP contribution in [0.25, 0.3) is 22.4 Å². The molecule has 0 saturated heterocycles. The maximum absolute atomic E-state index is 10.0. The lowest BCUT2D eigenvalue weighted by molar-refractivity contribution is -0.203. The van der Waals surface area contributed by atoms with Gasteiger partial charge in [-0.25, -0.2) is 4.98 Å². The summed E-state index contributed by atoms with van der Waals surface area (Å²) in [5, 5.41) is 19.7. The van der Waals surface area contributed by atoms with Crippen LogP contribution in [0.15, 0.2) is 54.9 Å². The molecular weight excluding hydrogens is 352 g/mol. The zero-order valence-electron chi connectivity index (χ0n) is 14.4. The first kappa shape index (κ1) is 18.5. The number of aliphatic hydroxyl groups is 2. The Kier molecular flexibility index (Phi) is 5.64. The fourth-order valence-electron chi connectivity index (χ4n) is 2.72. The number of nitrogens with zero attached hydrogens (tertiary/aromatic N) is 2. The third-order valence-electron chi connectivity index (χ3n) is 3.98. The minimum Gasteiger partial charge on any atom is -0.368 e. The second-order valence-corrected chi connectivity index (χ2v) is 6.34. The Morgan fingerprint density at radius 1 is 0.923 bits per heavy atom. The third kappa shape index (κ3) is 4.26. The number of hydrogen-bond acceptors (Lipinski definition) is 5. The Labute approximate surface area is 156 Å². The van der Waals surface area contributed by atoms with Gasteiger partial charge in [-0.1, -0.05) is 29.8 Å². The number of aryl methyl sites for hydroxylation is 1. The fraction of sp³-hybridized carbons (Fsp3) is 0.200. The predicted octanol–water partition coefficient (Wildman–Crippen LogP) is 4.12. The lowest BCUT2D eigenvalue weighted by Crippen LogP contribution is -2.13. The van der Waals surface area contributed by atoms with Gasteiger partial charge >= 0.3 is 0 Å². The number of aliphatic hydroxyl groups excluding tert-OH is 2. The maximum Gasteiger partial charge on any atom is 0.184 e. The van der Waals surface area contributed by atoms with E-state index in [0.717, 1.165) is 27.9 Å². The quantitative estimate of drug-likeness (QED) is 0.522. The molecule has 0 bridgehead atoms. The van der Waals surface area contributed by atoms with Gasteiger partial charge < -0.3 is 14.9 Å². The number of rotatable bonds is 5. The van der Waals surface area contributed by atoms with Gasteiger partial charge in [0, 0.05) is 23.5 Å². The Morgan fingerprint density at radius 3 is 2.31 bits per heavy atom. The van der Waals surface area contributed by atoms with Gasteiger partial charge in [-0.3, -0.25) is 4.98 Å². The Morgan fingerprint density at radius 2 is 1.62 bits per heavy atom. The summed E-state index contributed by atoms with van der Waals surface area (Å²) in [6.07, 6.45) is 1.18. The predicted molar refractivity (Wildman–Crippen MR) is 100 cm³/mol. The molecule has 2 unspecified atom stereocenters. The van der Waals surface area contributed by atoms with Gasteiger partial charge in [-0.15, -0.1) is 0 Å². The molecule has 0 saturated carbocycles.